The van der Waals surface area contributed by atoms with Crippen LogP contribution in [-0.4, -0.2) is 36.2 Å². The van der Waals surface area contributed by atoms with E-state index < -0.39 is 12.0 Å². The van der Waals surface area contributed by atoms with E-state index in [0.29, 0.717) is 32.5 Å². The minimum atomic E-state index is -0.990. The topological polar surface area (TPSA) is 75.6 Å². The van der Waals surface area contributed by atoms with Crippen molar-refractivity contribution in [1.29, 1.82) is 0 Å². The summed E-state index contributed by atoms with van der Waals surface area (Å²) in [7, 11) is 0. The number of rotatable bonds is 8. The molecule has 1 unspecified atom stereocenters. The Morgan fingerprint density at radius 1 is 1.40 bits per heavy atom. The third-order valence-corrected chi connectivity index (χ3v) is 1.94. The molecule has 0 aliphatic rings. The van der Waals surface area contributed by atoms with Gasteiger partial charge in [0.15, 0.2) is 0 Å². The zero-order valence-electron chi connectivity index (χ0n) is 9.28. The van der Waals surface area contributed by atoms with E-state index in [1.807, 2.05) is 6.92 Å². The molecule has 0 heterocycles. The Bertz CT molecular complexity index is 206. The quantitative estimate of drug-likeness (QED) is 0.589. The Kier molecular flexibility index (Phi) is 7.62. The van der Waals surface area contributed by atoms with Gasteiger partial charge in [0.1, 0.15) is 6.04 Å². The molecule has 5 nitrogen and oxygen atoms in total. The lowest BCUT2D eigenvalue weighted by Crippen LogP contribution is -2.40. The summed E-state index contributed by atoms with van der Waals surface area (Å²) >= 11 is 0. The largest absolute Gasteiger partial charge is 0.480 e. The highest BCUT2D eigenvalue weighted by atomic mass is 16.5. The first kappa shape index (κ1) is 13.9. The lowest BCUT2D eigenvalue weighted by molar-refractivity contribution is -0.141. The summed E-state index contributed by atoms with van der Waals surface area (Å²) < 4.78 is 5.07. The number of carboxylic acids is 1. The molecule has 2 N–H and O–H groups in total. The number of nitrogens with one attached hydrogen (secondary N) is 1. The number of carbonyl (C=O) groups excluding carboxylic acids is 1. The number of amides is 1. The highest BCUT2D eigenvalue weighted by molar-refractivity contribution is 5.83. The van der Waals surface area contributed by atoms with Crippen molar-refractivity contribution in [2.75, 3.05) is 13.2 Å². The van der Waals surface area contributed by atoms with Crippen molar-refractivity contribution in [3.05, 3.63) is 0 Å². The highest BCUT2D eigenvalue weighted by Crippen LogP contribution is 1.95. The molecular weight excluding hydrogens is 198 g/mol. The summed E-state index contributed by atoms with van der Waals surface area (Å²) in [5.74, 6) is -1.22. The fourth-order valence-electron chi connectivity index (χ4n) is 1.08. The molecule has 0 saturated carbocycles. The number of carbonyl (C=O) groups is 2. The van der Waals surface area contributed by atoms with Gasteiger partial charge in [0.2, 0.25) is 5.91 Å². The van der Waals surface area contributed by atoms with Gasteiger partial charge in [0, 0.05) is 19.6 Å². The van der Waals surface area contributed by atoms with Crippen LogP contribution in [0.2, 0.25) is 0 Å². The van der Waals surface area contributed by atoms with E-state index in [0.717, 1.165) is 0 Å². The van der Waals surface area contributed by atoms with Crippen LogP contribution in [0.4, 0.5) is 0 Å². The molecule has 1 amide bonds. The van der Waals surface area contributed by atoms with E-state index in [1.54, 1.807) is 6.92 Å². The molecule has 0 aliphatic carbocycles. The van der Waals surface area contributed by atoms with Gasteiger partial charge < -0.3 is 15.2 Å². The maximum absolute atomic E-state index is 11.2. The second kappa shape index (κ2) is 8.23. The van der Waals surface area contributed by atoms with Gasteiger partial charge in [-0.3, -0.25) is 4.79 Å². The van der Waals surface area contributed by atoms with Crippen molar-refractivity contribution < 1.29 is 19.4 Å². The number of carboxylic acid groups (broad SMARTS) is 1. The van der Waals surface area contributed by atoms with Gasteiger partial charge in [0.05, 0.1) is 0 Å². The standard InChI is InChI=1S/C10H19NO4/c1-3-8(10(13)14)11-9(12)6-5-7-15-4-2/h8H,3-7H2,1-2H3,(H,11,12)(H,13,14). The van der Waals surface area contributed by atoms with Crippen molar-refractivity contribution >= 4 is 11.9 Å². The molecule has 0 saturated heterocycles. The molecule has 0 bridgehead atoms. The minimum absolute atomic E-state index is 0.232. The predicted molar refractivity (Wildman–Crippen MR) is 55.6 cm³/mol. The van der Waals surface area contributed by atoms with Crippen LogP contribution in [0.15, 0.2) is 0 Å². The second-order valence-electron chi connectivity index (χ2n) is 3.17. The van der Waals surface area contributed by atoms with Crippen molar-refractivity contribution in [1.82, 2.24) is 5.32 Å². The van der Waals surface area contributed by atoms with E-state index in [4.69, 9.17) is 9.84 Å². The summed E-state index contributed by atoms with van der Waals surface area (Å²) in [5, 5.41) is 11.1. The molecule has 0 aliphatic heterocycles. The Morgan fingerprint density at radius 2 is 2.07 bits per heavy atom. The van der Waals surface area contributed by atoms with Crippen LogP contribution < -0.4 is 5.32 Å². The fourth-order valence-corrected chi connectivity index (χ4v) is 1.08. The van der Waals surface area contributed by atoms with Crippen LogP contribution >= 0.6 is 0 Å². The third-order valence-electron chi connectivity index (χ3n) is 1.94. The minimum Gasteiger partial charge on any atom is -0.480 e. The van der Waals surface area contributed by atoms with Gasteiger partial charge in [-0.05, 0) is 19.8 Å². The Labute approximate surface area is 89.8 Å². The van der Waals surface area contributed by atoms with Crippen LogP contribution in [0, 0.1) is 0 Å². The molecule has 0 aromatic rings. The van der Waals surface area contributed by atoms with Crippen molar-refractivity contribution in [3.63, 3.8) is 0 Å². The number of ether oxygens (including phenoxy) is 1. The average molecular weight is 217 g/mol. The van der Waals surface area contributed by atoms with Gasteiger partial charge in [-0.2, -0.15) is 0 Å². The lowest BCUT2D eigenvalue weighted by Gasteiger charge is -2.11. The molecule has 1 atom stereocenters. The van der Waals surface area contributed by atoms with E-state index >= 15 is 0 Å². The molecular formula is C10H19NO4. The molecule has 88 valence electrons. The third kappa shape index (κ3) is 6.90. The smallest absolute Gasteiger partial charge is 0.326 e. The average Bonchev–Trinajstić information content (AvgIpc) is 2.20. The van der Waals surface area contributed by atoms with Gasteiger partial charge in [-0.15, -0.1) is 0 Å². The van der Waals surface area contributed by atoms with Crippen LogP contribution in [0.5, 0.6) is 0 Å². The monoisotopic (exact) mass is 217 g/mol. The van der Waals surface area contributed by atoms with Crippen molar-refractivity contribution in [2.24, 2.45) is 0 Å². The first-order chi connectivity index (χ1) is 7.11. The normalized spacial score (nSPS) is 12.1. The van der Waals surface area contributed by atoms with Gasteiger partial charge >= 0.3 is 5.97 Å². The summed E-state index contributed by atoms with van der Waals surface area (Å²) in [6, 6.07) is -0.774. The summed E-state index contributed by atoms with van der Waals surface area (Å²) in [4.78, 5) is 21.9. The van der Waals surface area contributed by atoms with Crippen LogP contribution in [0.3, 0.4) is 0 Å². The van der Waals surface area contributed by atoms with Gasteiger partial charge in [-0.1, -0.05) is 6.92 Å². The molecule has 0 aromatic heterocycles. The van der Waals surface area contributed by atoms with Crippen molar-refractivity contribution in [3.8, 4) is 0 Å². The van der Waals surface area contributed by atoms with Gasteiger partial charge in [0.25, 0.3) is 0 Å². The molecule has 0 fully saturated rings. The molecule has 0 radical (unpaired) electrons. The zero-order valence-corrected chi connectivity index (χ0v) is 9.28. The maximum atomic E-state index is 11.2. The predicted octanol–water partition coefficient (Wildman–Crippen LogP) is 0.782. The molecule has 0 aromatic carbocycles. The van der Waals surface area contributed by atoms with Crippen molar-refractivity contribution in [2.45, 2.75) is 39.2 Å². The highest BCUT2D eigenvalue weighted by Gasteiger charge is 2.16. The first-order valence-electron chi connectivity index (χ1n) is 5.21. The number of hydrogen-bond donors (Lipinski definition) is 2. The van der Waals surface area contributed by atoms with Crippen LogP contribution in [0.25, 0.3) is 0 Å². The van der Waals surface area contributed by atoms with E-state index in [-0.39, 0.29) is 5.91 Å². The number of aliphatic carboxylic acids is 1. The van der Waals surface area contributed by atoms with Gasteiger partial charge in [-0.25, -0.2) is 4.79 Å². The summed E-state index contributed by atoms with van der Waals surface area (Å²) in [6.45, 7) is 4.78. The maximum Gasteiger partial charge on any atom is 0.326 e. The summed E-state index contributed by atoms with van der Waals surface area (Å²) in [5.41, 5.74) is 0. The van der Waals surface area contributed by atoms with Crippen LogP contribution in [0.1, 0.15) is 33.1 Å². The van der Waals surface area contributed by atoms with Crippen LogP contribution in [-0.2, 0) is 14.3 Å². The Balaban J connectivity index is 3.67. The second-order valence-corrected chi connectivity index (χ2v) is 3.17. The zero-order chi connectivity index (χ0) is 11.7. The molecule has 15 heavy (non-hydrogen) atoms. The van der Waals surface area contributed by atoms with E-state index in [1.165, 1.54) is 0 Å². The molecule has 5 heteroatoms. The SMILES string of the molecule is CCOCCCC(=O)NC(CC)C(=O)O. The van der Waals surface area contributed by atoms with E-state index in [2.05, 4.69) is 5.32 Å². The Hall–Kier alpha value is -1.10. The lowest BCUT2D eigenvalue weighted by atomic mass is 10.2. The fraction of sp³-hybridized carbons (Fsp3) is 0.800. The molecule has 0 spiro atoms. The first-order valence-corrected chi connectivity index (χ1v) is 5.21. The summed E-state index contributed by atoms with van der Waals surface area (Å²) in [6.07, 6.45) is 1.33. The van der Waals surface area contributed by atoms with E-state index in [9.17, 15) is 9.59 Å². The number of hydrogen-bond acceptors (Lipinski definition) is 3. The Morgan fingerprint density at radius 3 is 2.53 bits per heavy atom. The molecule has 0 rings (SSSR count).